The van der Waals surface area contributed by atoms with Crippen LogP contribution in [-0.2, 0) is 17.0 Å². The first-order valence-electron chi connectivity index (χ1n) is 6.46. The van der Waals surface area contributed by atoms with Crippen molar-refractivity contribution in [3.05, 3.63) is 41.2 Å². The number of esters is 1. The number of carbonyl (C=O) groups excluding carboxylic acids is 1. The summed E-state index contributed by atoms with van der Waals surface area (Å²) in [4.78, 5) is 12.2. The van der Waals surface area contributed by atoms with Gasteiger partial charge in [-0.1, -0.05) is 0 Å². The van der Waals surface area contributed by atoms with E-state index in [0.29, 0.717) is 16.2 Å². The van der Waals surface area contributed by atoms with Crippen LogP contribution in [0.15, 0.2) is 23.1 Å². The summed E-state index contributed by atoms with van der Waals surface area (Å²) in [6, 6.07) is 4.00. The predicted molar refractivity (Wildman–Crippen MR) is 77.7 cm³/mol. The van der Waals surface area contributed by atoms with Crippen molar-refractivity contribution in [2.45, 2.75) is 31.0 Å². The molecule has 0 amide bonds. The number of aromatic nitrogens is 3. The van der Waals surface area contributed by atoms with Gasteiger partial charge in [0.15, 0.2) is 0 Å². The molecule has 5 nitrogen and oxygen atoms in total. The van der Waals surface area contributed by atoms with Gasteiger partial charge in [-0.3, -0.25) is 0 Å². The van der Waals surface area contributed by atoms with Gasteiger partial charge in [0.25, 0.3) is 0 Å². The lowest BCUT2D eigenvalue weighted by Crippen LogP contribution is -2.05. The monoisotopic (exact) mass is 309 g/mol. The molecule has 21 heavy (non-hydrogen) atoms. The van der Waals surface area contributed by atoms with Crippen LogP contribution in [0.3, 0.4) is 0 Å². The Morgan fingerprint density at radius 2 is 2.19 bits per heavy atom. The number of thioether (sulfide) groups is 1. The number of ether oxygens (including phenoxy) is 1. The molecule has 0 saturated heterocycles. The molecule has 0 fully saturated rings. The smallest absolute Gasteiger partial charge is 0.338 e. The average molecular weight is 309 g/mol. The van der Waals surface area contributed by atoms with E-state index in [0.717, 1.165) is 18.2 Å². The molecule has 7 heteroatoms. The lowest BCUT2D eigenvalue weighted by atomic mass is 10.2. The van der Waals surface area contributed by atoms with Crippen LogP contribution < -0.4 is 0 Å². The van der Waals surface area contributed by atoms with Crippen molar-refractivity contribution in [3.8, 4) is 0 Å². The summed E-state index contributed by atoms with van der Waals surface area (Å²) in [5, 5.41) is 8.13. The van der Waals surface area contributed by atoms with E-state index in [-0.39, 0.29) is 0 Å². The Morgan fingerprint density at radius 1 is 1.43 bits per heavy atom. The van der Waals surface area contributed by atoms with Crippen LogP contribution in [0, 0.1) is 12.7 Å². The molecule has 0 radical (unpaired) electrons. The predicted octanol–water partition coefficient (Wildman–Crippen LogP) is 2.82. The molecule has 1 aromatic carbocycles. The Hall–Kier alpha value is -1.89. The van der Waals surface area contributed by atoms with Gasteiger partial charge in [0.2, 0.25) is 0 Å². The van der Waals surface area contributed by atoms with Crippen molar-refractivity contribution in [2.24, 2.45) is 0 Å². The maximum absolute atomic E-state index is 13.4. The minimum atomic E-state index is -0.481. The minimum Gasteiger partial charge on any atom is -0.465 e. The number of hydrogen-bond acceptors (Lipinski definition) is 5. The molecule has 0 aliphatic carbocycles. The van der Waals surface area contributed by atoms with Crippen LogP contribution in [0.25, 0.3) is 0 Å². The highest BCUT2D eigenvalue weighted by Gasteiger charge is 2.15. The molecule has 0 saturated carbocycles. The van der Waals surface area contributed by atoms with Crippen LogP contribution in [0.4, 0.5) is 4.39 Å². The minimum absolute atomic E-state index is 0.350. The number of halogens is 1. The number of hydrogen-bond donors (Lipinski definition) is 0. The third-order valence-electron chi connectivity index (χ3n) is 3.03. The van der Waals surface area contributed by atoms with Gasteiger partial charge in [0.05, 0.1) is 18.4 Å². The van der Waals surface area contributed by atoms with Crippen molar-refractivity contribution >= 4 is 17.7 Å². The molecule has 1 heterocycles. The van der Waals surface area contributed by atoms with Crippen molar-refractivity contribution in [3.63, 3.8) is 0 Å². The summed E-state index contributed by atoms with van der Waals surface area (Å²) in [6.45, 7) is 4.65. The number of nitrogens with zero attached hydrogens (tertiary/aromatic N) is 3. The number of methoxy groups -OCH3 is 1. The highest BCUT2D eigenvalue weighted by atomic mass is 32.2. The molecule has 2 rings (SSSR count). The van der Waals surface area contributed by atoms with E-state index in [2.05, 4.69) is 10.2 Å². The van der Waals surface area contributed by atoms with Crippen LogP contribution in [0.2, 0.25) is 0 Å². The molecule has 0 aliphatic heterocycles. The van der Waals surface area contributed by atoms with E-state index < -0.39 is 11.8 Å². The van der Waals surface area contributed by atoms with Gasteiger partial charge >= 0.3 is 5.97 Å². The molecule has 0 unspecified atom stereocenters. The van der Waals surface area contributed by atoms with Gasteiger partial charge in [0.1, 0.15) is 17.5 Å². The lowest BCUT2D eigenvalue weighted by molar-refractivity contribution is 0.0596. The van der Waals surface area contributed by atoms with Crippen LogP contribution in [0.5, 0.6) is 0 Å². The first kappa shape index (κ1) is 15.5. The van der Waals surface area contributed by atoms with E-state index in [9.17, 15) is 9.18 Å². The second-order valence-electron chi connectivity index (χ2n) is 4.33. The van der Waals surface area contributed by atoms with Crippen LogP contribution in [0.1, 0.15) is 28.9 Å². The van der Waals surface area contributed by atoms with Gasteiger partial charge < -0.3 is 9.30 Å². The Balaban J connectivity index is 2.23. The highest BCUT2D eigenvalue weighted by molar-refractivity contribution is 7.98. The summed E-state index contributed by atoms with van der Waals surface area (Å²) in [7, 11) is 1.30. The number of carbonyl (C=O) groups is 1. The zero-order chi connectivity index (χ0) is 15.4. The van der Waals surface area contributed by atoms with Crippen LogP contribution in [-0.4, -0.2) is 27.8 Å². The Morgan fingerprint density at radius 3 is 2.86 bits per heavy atom. The molecule has 0 aliphatic rings. The maximum Gasteiger partial charge on any atom is 0.338 e. The van der Waals surface area contributed by atoms with Crippen molar-refractivity contribution in [1.82, 2.24) is 14.8 Å². The topological polar surface area (TPSA) is 57.0 Å². The zero-order valence-electron chi connectivity index (χ0n) is 12.1. The molecule has 2 aromatic rings. The average Bonchev–Trinajstić information content (AvgIpc) is 2.84. The van der Waals surface area contributed by atoms with Gasteiger partial charge in [-0.05, 0) is 32.0 Å². The third-order valence-corrected chi connectivity index (χ3v) is 4.09. The van der Waals surface area contributed by atoms with Crippen molar-refractivity contribution in [2.75, 3.05) is 7.11 Å². The van der Waals surface area contributed by atoms with Crippen molar-refractivity contribution < 1.29 is 13.9 Å². The number of aryl methyl sites for hydroxylation is 1. The van der Waals surface area contributed by atoms with E-state index in [4.69, 9.17) is 4.74 Å². The Labute approximate surface area is 126 Å². The lowest BCUT2D eigenvalue weighted by Gasteiger charge is -2.08. The van der Waals surface area contributed by atoms with E-state index in [1.807, 2.05) is 18.4 Å². The summed E-state index contributed by atoms with van der Waals surface area (Å²) in [5.41, 5.74) is 0.350. The van der Waals surface area contributed by atoms with Gasteiger partial charge in [0, 0.05) is 11.4 Å². The normalized spacial score (nSPS) is 10.7. The molecular formula is C14H16FN3O2S. The molecular weight excluding hydrogens is 293 g/mol. The van der Waals surface area contributed by atoms with Gasteiger partial charge in [-0.2, -0.15) is 0 Å². The molecule has 1 aromatic heterocycles. The number of rotatable bonds is 5. The zero-order valence-corrected chi connectivity index (χ0v) is 12.9. The van der Waals surface area contributed by atoms with E-state index in [1.54, 1.807) is 0 Å². The first-order chi connectivity index (χ1) is 10.1. The Kier molecular flexibility index (Phi) is 4.95. The van der Waals surface area contributed by atoms with E-state index in [1.165, 1.54) is 37.1 Å². The summed E-state index contributed by atoms with van der Waals surface area (Å²) >= 11 is 1.34. The summed E-state index contributed by atoms with van der Waals surface area (Å²) in [5.74, 6) is 1.26. The second-order valence-corrected chi connectivity index (χ2v) is 5.35. The molecule has 112 valence electrons. The summed E-state index contributed by atoms with van der Waals surface area (Å²) < 4.78 is 20.1. The third kappa shape index (κ3) is 3.41. The standard InChI is InChI=1S/C14H16FN3O2S/c1-4-18-9(2)16-17-13(18)8-21-12-7-10(15)5-6-11(12)14(19)20-3/h5-7H,4,8H2,1-3H3. The van der Waals surface area contributed by atoms with Gasteiger partial charge in [-0.15, -0.1) is 22.0 Å². The number of benzene rings is 1. The first-order valence-corrected chi connectivity index (χ1v) is 7.44. The van der Waals surface area contributed by atoms with Crippen molar-refractivity contribution in [1.29, 1.82) is 0 Å². The fraction of sp³-hybridized carbons (Fsp3) is 0.357. The molecule has 0 N–H and O–H groups in total. The molecule has 0 spiro atoms. The summed E-state index contributed by atoms with van der Waals surface area (Å²) in [6.07, 6.45) is 0. The quantitative estimate of drug-likeness (QED) is 0.628. The van der Waals surface area contributed by atoms with Gasteiger partial charge in [-0.25, -0.2) is 9.18 Å². The van der Waals surface area contributed by atoms with E-state index >= 15 is 0 Å². The largest absolute Gasteiger partial charge is 0.465 e. The second kappa shape index (κ2) is 6.71. The SMILES string of the molecule is CCn1c(C)nnc1CSc1cc(F)ccc1C(=O)OC. The van der Waals surface area contributed by atoms with Crippen LogP contribution >= 0.6 is 11.8 Å². The molecule has 0 atom stereocenters. The molecule has 0 bridgehead atoms. The maximum atomic E-state index is 13.4. The Bertz CT molecular complexity index is 658. The fourth-order valence-corrected chi connectivity index (χ4v) is 2.98. The fourth-order valence-electron chi connectivity index (χ4n) is 1.98. The highest BCUT2D eigenvalue weighted by Crippen LogP contribution is 2.27.